The van der Waals surface area contributed by atoms with Gasteiger partial charge in [0, 0.05) is 26.7 Å². The highest BCUT2D eigenvalue weighted by Crippen LogP contribution is 2.17. The Hall–Kier alpha value is -1.79. The standard InChI is InChI=1S/C13H23N3O4/c1-3-6-14-11(17)9-15(2)13(20)16-7-4-5-10(8-16)12(18)19/h10H,3-9H2,1-2H3,(H,14,17)(H,18,19). The maximum atomic E-state index is 12.2. The van der Waals surface area contributed by atoms with Crippen LogP contribution in [0.3, 0.4) is 0 Å². The Morgan fingerprint density at radius 2 is 2.10 bits per heavy atom. The number of likely N-dealkylation sites (tertiary alicyclic amines) is 1. The lowest BCUT2D eigenvalue weighted by molar-refractivity contribution is -0.143. The summed E-state index contributed by atoms with van der Waals surface area (Å²) in [7, 11) is 1.55. The summed E-state index contributed by atoms with van der Waals surface area (Å²) in [5.41, 5.74) is 0. The molecule has 1 unspecified atom stereocenters. The average molecular weight is 285 g/mol. The van der Waals surface area contributed by atoms with Crippen LogP contribution in [0.1, 0.15) is 26.2 Å². The first-order chi connectivity index (χ1) is 9.45. The van der Waals surface area contributed by atoms with Gasteiger partial charge in [-0.2, -0.15) is 0 Å². The Balaban J connectivity index is 2.47. The minimum atomic E-state index is -0.870. The summed E-state index contributed by atoms with van der Waals surface area (Å²) in [6.07, 6.45) is 2.12. The van der Waals surface area contributed by atoms with E-state index in [0.717, 1.165) is 6.42 Å². The Morgan fingerprint density at radius 3 is 2.70 bits per heavy atom. The molecule has 1 fully saturated rings. The number of likely N-dealkylation sites (N-methyl/N-ethyl adjacent to an activating group) is 1. The number of aliphatic carboxylic acids is 1. The Labute approximate surface area is 118 Å². The van der Waals surface area contributed by atoms with Crippen molar-refractivity contribution >= 4 is 17.9 Å². The third-order valence-electron chi connectivity index (χ3n) is 3.32. The molecular weight excluding hydrogens is 262 g/mol. The van der Waals surface area contributed by atoms with Crippen LogP contribution in [-0.2, 0) is 9.59 Å². The summed E-state index contributed by atoms with van der Waals surface area (Å²) in [6.45, 7) is 3.30. The number of carboxylic acids is 1. The molecule has 0 aromatic heterocycles. The lowest BCUT2D eigenvalue weighted by Crippen LogP contribution is -2.49. The molecule has 0 radical (unpaired) electrons. The van der Waals surface area contributed by atoms with Gasteiger partial charge >= 0.3 is 12.0 Å². The van der Waals surface area contributed by atoms with Crippen LogP contribution in [-0.4, -0.2) is 66.0 Å². The van der Waals surface area contributed by atoms with E-state index < -0.39 is 11.9 Å². The third kappa shape index (κ3) is 4.71. The third-order valence-corrected chi connectivity index (χ3v) is 3.32. The molecule has 0 saturated carbocycles. The number of carbonyl (C=O) groups is 3. The van der Waals surface area contributed by atoms with Crippen LogP contribution in [0.5, 0.6) is 0 Å². The van der Waals surface area contributed by atoms with E-state index in [0.29, 0.717) is 25.9 Å². The van der Waals surface area contributed by atoms with E-state index in [1.54, 1.807) is 7.05 Å². The highest BCUT2D eigenvalue weighted by atomic mass is 16.4. The molecule has 1 atom stereocenters. The molecule has 7 nitrogen and oxygen atoms in total. The van der Waals surface area contributed by atoms with Crippen molar-refractivity contribution in [1.29, 1.82) is 0 Å². The molecule has 1 saturated heterocycles. The van der Waals surface area contributed by atoms with Crippen LogP contribution >= 0.6 is 0 Å². The number of nitrogens with zero attached hydrogens (tertiary/aromatic N) is 2. The van der Waals surface area contributed by atoms with Gasteiger partial charge < -0.3 is 20.2 Å². The monoisotopic (exact) mass is 285 g/mol. The second-order valence-corrected chi connectivity index (χ2v) is 5.11. The molecule has 7 heteroatoms. The SMILES string of the molecule is CCCNC(=O)CN(C)C(=O)N1CCCC(C(=O)O)C1. The molecule has 0 spiro atoms. The zero-order chi connectivity index (χ0) is 15.1. The Morgan fingerprint density at radius 1 is 1.40 bits per heavy atom. The normalized spacial score (nSPS) is 18.5. The van der Waals surface area contributed by atoms with Crippen molar-refractivity contribution in [3.8, 4) is 0 Å². The van der Waals surface area contributed by atoms with Crippen molar-refractivity contribution in [2.24, 2.45) is 5.92 Å². The van der Waals surface area contributed by atoms with Crippen LogP contribution < -0.4 is 5.32 Å². The van der Waals surface area contributed by atoms with Crippen LogP contribution in [0.2, 0.25) is 0 Å². The fourth-order valence-corrected chi connectivity index (χ4v) is 2.20. The van der Waals surface area contributed by atoms with Gasteiger partial charge in [0.2, 0.25) is 5.91 Å². The van der Waals surface area contributed by atoms with Crippen molar-refractivity contribution in [2.45, 2.75) is 26.2 Å². The molecule has 1 aliphatic heterocycles. The lowest BCUT2D eigenvalue weighted by Gasteiger charge is -2.33. The zero-order valence-electron chi connectivity index (χ0n) is 12.1. The molecule has 1 aliphatic rings. The quantitative estimate of drug-likeness (QED) is 0.763. The number of amides is 3. The largest absolute Gasteiger partial charge is 0.481 e. The van der Waals surface area contributed by atoms with Crippen molar-refractivity contribution < 1.29 is 19.5 Å². The Kier molecular flexibility index (Phi) is 6.27. The first kappa shape index (κ1) is 16.3. The van der Waals surface area contributed by atoms with Crippen molar-refractivity contribution in [1.82, 2.24) is 15.1 Å². The molecule has 1 rings (SSSR count). The minimum absolute atomic E-state index is 0.00687. The van der Waals surface area contributed by atoms with E-state index in [9.17, 15) is 14.4 Å². The van der Waals surface area contributed by atoms with E-state index in [4.69, 9.17) is 5.11 Å². The number of piperidine rings is 1. The summed E-state index contributed by atoms with van der Waals surface area (Å²) >= 11 is 0. The fraction of sp³-hybridized carbons (Fsp3) is 0.769. The highest BCUT2D eigenvalue weighted by Gasteiger charge is 2.29. The molecule has 20 heavy (non-hydrogen) atoms. The van der Waals surface area contributed by atoms with Crippen molar-refractivity contribution in [2.75, 3.05) is 33.2 Å². The molecule has 0 bridgehead atoms. The number of hydrogen-bond donors (Lipinski definition) is 2. The van der Waals surface area contributed by atoms with E-state index in [1.165, 1.54) is 9.80 Å². The second kappa shape index (κ2) is 7.72. The van der Waals surface area contributed by atoms with E-state index >= 15 is 0 Å². The van der Waals surface area contributed by atoms with Gasteiger partial charge in [0.1, 0.15) is 6.54 Å². The second-order valence-electron chi connectivity index (χ2n) is 5.11. The molecule has 3 amide bonds. The van der Waals surface area contributed by atoms with Gasteiger partial charge in [0.15, 0.2) is 0 Å². The van der Waals surface area contributed by atoms with Crippen molar-refractivity contribution in [3.05, 3.63) is 0 Å². The molecule has 2 N–H and O–H groups in total. The van der Waals surface area contributed by atoms with Crippen LogP contribution in [0.15, 0.2) is 0 Å². The number of rotatable bonds is 5. The lowest BCUT2D eigenvalue weighted by atomic mass is 9.99. The summed E-state index contributed by atoms with van der Waals surface area (Å²) < 4.78 is 0. The minimum Gasteiger partial charge on any atom is -0.481 e. The van der Waals surface area contributed by atoms with Gasteiger partial charge in [0.25, 0.3) is 0 Å². The molecular formula is C13H23N3O4. The maximum Gasteiger partial charge on any atom is 0.320 e. The predicted octanol–water partition coefficient (Wildman–Crippen LogP) is 0.361. The van der Waals surface area contributed by atoms with E-state index in [-0.39, 0.29) is 25.0 Å². The van der Waals surface area contributed by atoms with Crippen LogP contribution in [0.25, 0.3) is 0 Å². The van der Waals surface area contributed by atoms with Crippen LogP contribution in [0, 0.1) is 5.92 Å². The summed E-state index contributed by atoms with van der Waals surface area (Å²) in [5, 5.41) is 11.7. The number of urea groups is 1. The molecule has 1 heterocycles. The molecule has 0 aliphatic carbocycles. The maximum absolute atomic E-state index is 12.2. The molecule has 0 aromatic rings. The van der Waals surface area contributed by atoms with E-state index in [2.05, 4.69) is 5.32 Å². The summed E-state index contributed by atoms with van der Waals surface area (Å²) in [5.74, 6) is -1.57. The number of nitrogens with one attached hydrogen (secondary N) is 1. The summed E-state index contributed by atoms with van der Waals surface area (Å²) in [6, 6.07) is -0.289. The smallest absolute Gasteiger partial charge is 0.320 e. The first-order valence-electron chi connectivity index (χ1n) is 6.95. The van der Waals surface area contributed by atoms with Gasteiger partial charge in [-0.05, 0) is 19.3 Å². The predicted molar refractivity (Wildman–Crippen MR) is 73.3 cm³/mol. The topological polar surface area (TPSA) is 90.0 Å². The number of hydrogen-bond acceptors (Lipinski definition) is 3. The zero-order valence-corrected chi connectivity index (χ0v) is 12.1. The van der Waals surface area contributed by atoms with E-state index in [1.807, 2.05) is 6.92 Å². The van der Waals surface area contributed by atoms with Gasteiger partial charge in [0.05, 0.1) is 5.92 Å². The first-order valence-corrected chi connectivity index (χ1v) is 6.95. The average Bonchev–Trinajstić information content (AvgIpc) is 2.44. The van der Waals surface area contributed by atoms with Gasteiger partial charge in [-0.1, -0.05) is 6.92 Å². The number of carbonyl (C=O) groups excluding carboxylic acids is 2. The summed E-state index contributed by atoms with van der Waals surface area (Å²) in [4.78, 5) is 37.5. The Bertz CT molecular complexity index is 373. The van der Waals surface area contributed by atoms with Crippen LogP contribution in [0.4, 0.5) is 4.79 Å². The van der Waals surface area contributed by atoms with Crippen molar-refractivity contribution in [3.63, 3.8) is 0 Å². The van der Waals surface area contributed by atoms with Gasteiger partial charge in [-0.3, -0.25) is 9.59 Å². The molecule has 114 valence electrons. The van der Waals surface area contributed by atoms with Gasteiger partial charge in [-0.25, -0.2) is 4.79 Å². The fourth-order valence-electron chi connectivity index (χ4n) is 2.20. The highest BCUT2D eigenvalue weighted by molar-refractivity contribution is 5.84. The number of carboxylic acid groups (broad SMARTS) is 1. The molecule has 0 aromatic carbocycles. The van der Waals surface area contributed by atoms with Gasteiger partial charge in [-0.15, -0.1) is 0 Å².